The van der Waals surface area contributed by atoms with Gasteiger partial charge in [0.1, 0.15) is 0 Å². The first-order valence-electron chi connectivity index (χ1n) is 4.62. The van der Waals surface area contributed by atoms with Crippen LogP contribution >= 0.6 is 0 Å². The van der Waals surface area contributed by atoms with E-state index in [4.69, 9.17) is 0 Å². The van der Waals surface area contributed by atoms with Crippen molar-refractivity contribution in [1.29, 1.82) is 0 Å². The van der Waals surface area contributed by atoms with Gasteiger partial charge in [-0.05, 0) is 32.1 Å². The molecule has 2 rings (SSSR count). The fraction of sp³-hybridized carbons (Fsp3) is 1.00. The lowest BCUT2D eigenvalue weighted by Crippen LogP contribution is -2.31. The maximum absolute atomic E-state index is 3.66. The van der Waals surface area contributed by atoms with Crippen molar-refractivity contribution in [2.24, 2.45) is 5.92 Å². The molecule has 1 aliphatic heterocycles. The van der Waals surface area contributed by atoms with E-state index in [1.807, 2.05) is 0 Å². The fourth-order valence-electron chi connectivity index (χ4n) is 2.60. The predicted molar refractivity (Wildman–Crippen MR) is 45.1 cm³/mol. The van der Waals surface area contributed by atoms with Crippen molar-refractivity contribution >= 4 is 0 Å². The Morgan fingerprint density at radius 1 is 1.30 bits per heavy atom. The van der Waals surface area contributed by atoms with Crippen LogP contribution in [-0.4, -0.2) is 12.1 Å². The van der Waals surface area contributed by atoms with E-state index in [0.717, 1.165) is 18.0 Å². The van der Waals surface area contributed by atoms with Gasteiger partial charge in [-0.25, -0.2) is 0 Å². The summed E-state index contributed by atoms with van der Waals surface area (Å²) < 4.78 is 0. The Balaban J connectivity index is 0.000000605. The molecule has 0 radical (unpaired) electrons. The molecule has 0 aromatic carbocycles. The molecule has 1 N–H and O–H groups in total. The maximum atomic E-state index is 3.66. The van der Waals surface area contributed by atoms with Crippen molar-refractivity contribution in [3.05, 3.63) is 0 Å². The lowest BCUT2D eigenvalue weighted by molar-refractivity contribution is 0.325. The van der Waals surface area contributed by atoms with Gasteiger partial charge >= 0.3 is 0 Å². The second-order valence-electron chi connectivity index (χ2n) is 3.95. The monoisotopic (exact) mass is 141 g/mol. The van der Waals surface area contributed by atoms with Gasteiger partial charge in [0, 0.05) is 13.5 Å². The highest BCUT2D eigenvalue weighted by molar-refractivity contribution is 4.90. The molecule has 1 heterocycles. The Morgan fingerprint density at radius 2 is 2.10 bits per heavy atom. The number of hydrogen-bond donors (Lipinski definition) is 1. The lowest BCUT2D eigenvalue weighted by atomic mass is 9.85. The van der Waals surface area contributed by atoms with Gasteiger partial charge in [-0.1, -0.05) is 12.8 Å². The third-order valence-corrected chi connectivity index (χ3v) is 3.06. The van der Waals surface area contributed by atoms with Crippen LogP contribution in [0.15, 0.2) is 0 Å². The zero-order valence-electron chi connectivity index (χ0n) is 6.77. The summed E-state index contributed by atoms with van der Waals surface area (Å²) in [5.74, 6) is 1.03. The lowest BCUT2D eigenvalue weighted by Gasteiger charge is -2.24. The summed E-state index contributed by atoms with van der Waals surface area (Å²) in [7, 11) is 0. The Kier molecular flexibility index (Phi) is 1.69. The summed E-state index contributed by atoms with van der Waals surface area (Å²) in [5.41, 5.74) is 0. The van der Waals surface area contributed by atoms with E-state index in [1.54, 1.807) is 0 Å². The van der Waals surface area contributed by atoms with Gasteiger partial charge in [-0.2, -0.15) is 0 Å². The van der Waals surface area contributed by atoms with Gasteiger partial charge in [0.2, 0.25) is 0 Å². The van der Waals surface area contributed by atoms with Crippen molar-refractivity contribution in [2.45, 2.75) is 51.1 Å². The van der Waals surface area contributed by atoms with E-state index in [0.29, 0.717) is 0 Å². The normalized spacial score (nSPS) is 47.1. The Morgan fingerprint density at radius 3 is 2.90 bits per heavy atom. The van der Waals surface area contributed by atoms with Crippen LogP contribution in [0.5, 0.6) is 0 Å². The van der Waals surface area contributed by atoms with Gasteiger partial charge < -0.3 is 5.32 Å². The first-order chi connectivity index (χ1) is 4.86. The highest BCUT2D eigenvalue weighted by atomic mass is 15.0. The summed E-state index contributed by atoms with van der Waals surface area (Å²) in [6.45, 7) is 2.32. The van der Waals surface area contributed by atoms with Crippen molar-refractivity contribution in [3.8, 4) is 0 Å². The maximum Gasteiger partial charge on any atom is 0.00983 e. The second kappa shape index (κ2) is 2.54. The molecule has 60 valence electrons. The summed E-state index contributed by atoms with van der Waals surface area (Å²) in [6.07, 6.45) is 7.30. The van der Waals surface area contributed by atoms with Crippen molar-refractivity contribution in [1.82, 2.24) is 5.32 Å². The third-order valence-electron chi connectivity index (χ3n) is 3.06. The topological polar surface area (TPSA) is 12.0 Å². The molecule has 0 aromatic heterocycles. The van der Waals surface area contributed by atoms with E-state index >= 15 is 0 Å². The van der Waals surface area contributed by atoms with Crippen LogP contribution in [0.1, 0.15) is 40.5 Å². The molecule has 2 aliphatic rings. The first-order valence-corrected chi connectivity index (χ1v) is 4.62. The number of fused-ring (bicyclic) bond motifs is 1. The van der Waals surface area contributed by atoms with E-state index in [1.165, 1.54) is 32.1 Å². The Hall–Kier alpha value is -0.0400. The van der Waals surface area contributed by atoms with E-state index in [9.17, 15) is 0 Å². The molecule has 0 unspecified atom stereocenters. The Bertz CT molecular complexity index is 113. The van der Waals surface area contributed by atoms with Gasteiger partial charge in [0.05, 0.1) is 0 Å². The minimum absolute atomic E-state index is 0. The summed E-state index contributed by atoms with van der Waals surface area (Å²) in [6, 6.07) is 1.69. The quantitative estimate of drug-likeness (QED) is 0.545. The molecule has 2 fully saturated rings. The molecule has 1 saturated carbocycles. The van der Waals surface area contributed by atoms with Crippen molar-refractivity contribution in [3.63, 3.8) is 0 Å². The summed E-state index contributed by atoms with van der Waals surface area (Å²) in [4.78, 5) is 0. The molecule has 1 nitrogen and oxygen atoms in total. The van der Waals surface area contributed by atoms with E-state index in [2.05, 4.69) is 12.2 Å². The van der Waals surface area contributed by atoms with E-state index < -0.39 is 0 Å². The fourth-order valence-corrected chi connectivity index (χ4v) is 2.60. The molecule has 1 heteroatoms. The average molecular weight is 141 g/mol. The highest BCUT2D eigenvalue weighted by Gasteiger charge is 2.32. The number of hydrogen-bond acceptors (Lipinski definition) is 1. The first kappa shape index (κ1) is 6.66. The molecular formula is C9H19N. The molecule has 10 heavy (non-hydrogen) atoms. The van der Waals surface area contributed by atoms with Crippen LogP contribution in [-0.2, 0) is 0 Å². The van der Waals surface area contributed by atoms with Gasteiger partial charge in [-0.15, -0.1) is 0 Å². The van der Waals surface area contributed by atoms with Crippen LogP contribution in [0.2, 0.25) is 0 Å². The molecule has 0 bridgehead atoms. The molecule has 0 spiro atoms. The van der Waals surface area contributed by atoms with Crippen LogP contribution in [0, 0.1) is 5.92 Å². The zero-order chi connectivity index (χ0) is 6.97. The largest absolute Gasteiger partial charge is 0.311 e. The van der Waals surface area contributed by atoms with Crippen LogP contribution in [0.4, 0.5) is 0 Å². The van der Waals surface area contributed by atoms with E-state index in [-0.39, 0.29) is 1.43 Å². The third kappa shape index (κ3) is 1.07. The predicted octanol–water partition coefficient (Wildman–Crippen LogP) is 2.17. The molecule has 3 atom stereocenters. The molecular weight excluding hydrogens is 122 g/mol. The second-order valence-corrected chi connectivity index (χ2v) is 3.95. The minimum Gasteiger partial charge on any atom is -0.311 e. The van der Waals surface area contributed by atoms with Crippen molar-refractivity contribution in [2.75, 3.05) is 0 Å². The van der Waals surface area contributed by atoms with Gasteiger partial charge in [-0.3, -0.25) is 0 Å². The number of rotatable bonds is 0. The summed E-state index contributed by atoms with van der Waals surface area (Å²) in [5, 5.41) is 3.66. The minimum atomic E-state index is 0. The molecule has 1 saturated heterocycles. The summed E-state index contributed by atoms with van der Waals surface area (Å²) >= 11 is 0. The van der Waals surface area contributed by atoms with Crippen LogP contribution in [0.3, 0.4) is 0 Å². The molecule has 1 aliphatic carbocycles. The van der Waals surface area contributed by atoms with Crippen LogP contribution < -0.4 is 5.32 Å². The molecule has 0 amide bonds. The van der Waals surface area contributed by atoms with Gasteiger partial charge in [0.25, 0.3) is 0 Å². The smallest absolute Gasteiger partial charge is 0.00983 e. The highest BCUT2D eigenvalue weighted by Crippen LogP contribution is 2.32. The van der Waals surface area contributed by atoms with Gasteiger partial charge in [0.15, 0.2) is 0 Å². The SMILES string of the molecule is C[C@@H]1C[C@@H]2CCCC[C@@H]2N1.[HH]. The van der Waals surface area contributed by atoms with Crippen LogP contribution in [0.25, 0.3) is 0 Å². The Labute approximate surface area is 64.7 Å². The zero-order valence-corrected chi connectivity index (χ0v) is 6.77. The standard InChI is InChI=1S/C9H17N.H2/c1-7-6-8-4-2-3-5-9(8)10-7;/h7-10H,2-6H2,1H3;1H/t7-,8+,9+;/m1./s1. The van der Waals surface area contributed by atoms with Crippen molar-refractivity contribution < 1.29 is 1.43 Å². The molecule has 0 aromatic rings. The average Bonchev–Trinajstić information content (AvgIpc) is 2.27. The number of nitrogens with one attached hydrogen (secondary N) is 1.